The molecule has 0 aliphatic rings. The molecule has 0 fully saturated rings. The summed E-state index contributed by atoms with van der Waals surface area (Å²) >= 11 is 1.31. The summed E-state index contributed by atoms with van der Waals surface area (Å²) in [5.74, 6) is -0.782. The highest BCUT2D eigenvalue weighted by Gasteiger charge is 2.10. The van der Waals surface area contributed by atoms with Crippen LogP contribution in [-0.2, 0) is 4.79 Å². The minimum absolute atomic E-state index is 0.0405. The number of aryl methyl sites for hydroxylation is 1. The van der Waals surface area contributed by atoms with E-state index >= 15 is 0 Å². The minimum atomic E-state index is -0.823. The van der Waals surface area contributed by atoms with Crippen LogP contribution in [0.2, 0.25) is 0 Å². The summed E-state index contributed by atoms with van der Waals surface area (Å²) in [6, 6.07) is 9.78. The maximum atomic E-state index is 10.8. The number of fused-ring (bicyclic) bond motifs is 3. The Morgan fingerprint density at radius 2 is 2.15 bits per heavy atom. The van der Waals surface area contributed by atoms with E-state index in [0.717, 1.165) is 32.4 Å². The number of thioether (sulfide) groups is 1. The second-order valence-electron chi connectivity index (χ2n) is 4.48. The minimum Gasteiger partial charge on any atom is -0.481 e. The second-order valence-corrected chi connectivity index (χ2v) is 5.50. The summed E-state index contributed by atoms with van der Waals surface area (Å²) in [5, 5.41) is 10.8. The van der Waals surface area contributed by atoms with Crippen LogP contribution >= 0.6 is 11.8 Å². The van der Waals surface area contributed by atoms with Gasteiger partial charge in [-0.1, -0.05) is 18.2 Å². The normalized spacial score (nSPS) is 11.1. The van der Waals surface area contributed by atoms with Gasteiger partial charge in [0.25, 0.3) is 0 Å². The summed E-state index contributed by atoms with van der Waals surface area (Å²) in [7, 11) is 0. The summed E-state index contributed by atoms with van der Waals surface area (Å²) in [4.78, 5) is 20.7. The molecule has 5 heteroatoms. The molecule has 1 aromatic carbocycles. The van der Waals surface area contributed by atoms with Crippen molar-refractivity contribution in [3.63, 3.8) is 0 Å². The standard InChI is InChI=1S/C15H12N2O2S/c1-9-7-12(20-8-13(18)19)11-5-4-10-3-2-6-16-14(10)15(11)17-9/h2-7H,8H2,1H3,(H,18,19). The van der Waals surface area contributed by atoms with Gasteiger partial charge in [0.15, 0.2) is 0 Å². The van der Waals surface area contributed by atoms with Crippen LogP contribution in [0.4, 0.5) is 0 Å². The number of carbonyl (C=O) groups is 1. The van der Waals surface area contributed by atoms with Crippen LogP contribution in [0.25, 0.3) is 21.8 Å². The number of carboxylic acids is 1. The van der Waals surface area contributed by atoms with Gasteiger partial charge in [0.1, 0.15) is 0 Å². The number of hydrogen-bond donors (Lipinski definition) is 1. The summed E-state index contributed by atoms with van der Waals surface area (Å²) < 4.78 is 0. The fourth-order valence-corrected chi connectivity index (χ4v) is 3.03. The Labute approximate surface area is 119 Å². The maximum Gasteiger partial charge on any atom is 0.313 e. The number of pyridine rings is 2. The molecule has 3 rings (SSSR count). The van der Waals surface area contributed by atoms with Gasteiger partial charge in [0.05, 0.1) is 16.8 Å². The van der Waals surface area contributed by atoms with Gasteiger partial charge in [-0.15, -0.1) is 11.8 Å². The number of nitrogens with zero attached hydrogens (tertiary/aromatic N) is 2. The number of carboxylic acid groups (broad SMARTS) is 1. The van der Waals surface area contributed by atoms with Gasteiger partial charge in [-0.25, -0.2) is 0 Å². The monoisotopic (exact) mass is 284 g/mol. The summed E-state index contributed by atoms with van der Waals surface area (Å²) in [5.41, 5.74) is 2.55. The number of aliphatic carboxylic acids is 1. The van der Waals surface area contributed by atoms with Crippen LogP contribution in [0.5, 0.6) is 0 Å². The van der Waals surface area contributed by atoms with Gasteiger partial charge in [-0.3, -0.25) is 14.8 Å². The van der Waals surface area contributed by atoms with Crippen molar-refractivity contribution in [2.24, 2.45) is 0 Å². The first kappa shape index (κ1) is 12.9. The Morgan fingerprint density at radius 1 is 1.30 bits per heavy atom. The van der Waals surface area contributed by atoms with Gasteiger partial charge in [0.2, 0.25) is 0 Å². The lowest BCUT2D eigenvalue weighted by Gasteiger charge is -2.08. The first-order valence-corrected chi connectivity index (χ1v) is 7.13. The van der Waals surface area contributed by atoms with E-state index in [4.69, 9.17) is 5.11 Å². The van der Waals surface area contributed by atoms with Crippen LogP contribution in [0, 0.1) is 6.92 Å². The van der Waals surface area contributed by atoms with Gasteiger partial charge in [-0.05, 0) is 19.1 Å². The Kier molecular flexibility index (Phi) is 3.28. The van der Waals surface area contributed by atoms with E-state index in [1.165, 1.54) is 11.8 Å². The molecule has 2 aromatic heterocycles. The predicted molar refractivity (Wildman–Crippen MR) is 80.1 cm³/mol. The maximum absolute atomic E-state index is 10.8. The van der Waals surface area contributed by atoms with Crippen molar-refractivity contribution in [2.45, 2.75) is 11.8 Å². The molecule has 0 amide bonds. The average Bonchev–Trinajstić information content (AvgIpc) is 2.44. The highest BCUT2D eigenvalue weighted by atomic mass is 32.2. The van der Waals surface area contributed by atoms with Crippen molar-refractivity contribution >= 4 is 39.5 Å². The van der Waals surface area contributed by atoms with E-state index in [-0.39, 0.29) is 5.75 Å². The zero-order valence-electron chi connectivity index (χ0n) is 10.8. The number of aromatic nitrogens is 2. The number of hydrogen-bond acceptors (Lipinski definition) is 4. The van der Waals surface area contributed by atoms with Crippen molar-refractivity contribution in [1.29, 1.82) is 0 Å². The first-order valence-electron chi connectivity index (χ1n) is 6.15. The van der Waals surface area contributed by atoms with Gasteiger partial charge >= 0.3 is 5.97 Å². The third-order valence-corrected chi connectivity index (χ3v) is 4.03. The second kappa shape index (κ2) is 5.09. The quantitative estimate of drug-likeness (QED) is 0.590. The molecule has 1 N–H and O–H groups in total. The molecule has 0 bridgehead atoms. The van der Waals surface area contributed by atoms with Crippen LogP contribution in [0.15, 0.2) is 41.4 Å². The molecule has 0 aliphatic carbocycles. The Bertz CT molecular complexity index is 817. The molecule has 0 aliphatic heterocycles. The molecule has 0 spiro atoms. The molecular formula is C15H12N2O2S. The average molecular weight is 284 g/mol. The van der Waals surface area contributed by atoms with E-state index in [2.05, 4.69) is 9.97 Å². The molecule has 0 unspecified atom stereocenters. The molecule has 3 aromatic rings. The van der Waals surface area contributed by atoms with E-state index in [9.17, 15) is 4.79 Å². The van der Waals surface area contributed by atoms with Crippen LogP contribution in [0.3, 0.4) is 0 Å². The van der Waals surface area contributed by atoms with Gasteiger partial charge in [-0.2, -0.15) is 0 Å². The third kappa shape index (κ3) is 2.32. The molecule has 0 radical (unpaired) electrons. The molecule has 20 heavy (non-hydrogen) atoms. The van der Waals surface area contributed by atoms with E-state index < -0.39 is 5.97 Å². The SMILES string of the molecule is Cc1cc(SCC(=O)O)c2ccc3cccnc3c2n1. The van der Waals surface area contributed by atoms with Gasteiger partial charge in [0, 0.05) is 27.6 Å². The number of benzene rings is 1. The van der Waals surface area contributed by atoms with Crippen LogP contribution in [-0.4, -0.2) is 26.8 Å². The van der Waals surface area contributed by atoms with Crippen LogP contribution < -0.4 is 0 Å². The zero-order chi connectivity index (χ0) is 14.1. The molecule has 0 atom stereocenters. The molecule has 0 saturated carbocycles. The summed E-state index contributed by atoms with van der Waals surface area (Å²) in [6.45, 7) is 1.91. The highest BCUT2D eigenvalue weighted by Crippen LogP contribution is 2.31. The van der Waals surface area contributed by atoms with E-state index in [1.807, 2.05) is 37.3 Å². The molecule has 4 nitrogen and oxygen atoms in total. The van der Waals surface area contributed by atoms with Crippen LogP contribution in [0.1, 0.15) is 5.69 Å². The highest BCUT2D eigenvalue weighted by molar-refractivity contribution is 8.00. The molecular weight excluding hydrogens is 272 g/mol. The van der Waals surface area contributed by atoms with Crippen molar-refractivity contribution in [1.82, 2.24) is 9.97 Å². The predicted octanol–water partition coefficient (Wildman–Crippen LogP) is 3.27. The Morgan fingerprint density at radius 3 is 2.95 bits per heavy atom. The molecule has 100 valence electrons. The van der Waals surface area contributed by atoms with Crippen molar-refractivity contribution in [3.8, 4) is 0 Å². The van der Waals surface area contributed by atoms with E-state index in [0.29, 0.717) is 0 Å². The zero-order valence-corrected chi connectivity index (χ0v) is 11.6. The Balaban J connectivity index is 2.26. The lowest BCUT2D eigenvalue weighted by molar-refractivity contribution is -0.133. The lowest BCUT2D eigenvalue weighted by Crippen LogP contribution is -1.98. The fraction of sp³-hybridized carbons (Fsp3) is 0.133. The van der Waals surface area contributed by atoms with Crippen molar-refractivity contribution < 1.29 is 9.90 Å². The van der Waals surface area contributed by atoms with Crippen molar-refractivity contribution in [2.75, 3.05) is 5.75 Å². The number of rotatable bonds is 3. The van der Waals surface area contributed by atoms with Crippen molar-refractivity contribution in [3.05, 3.63) is 42.2 Å². The Hall–Kier alpha value is -2.14. The van der Waals surface area contributed by atoms with Gasteiger partial charge < -0.3 is 5.11 Å². The lowest BCUT2D eigenvalue weighted by atomic mass is 10.1. The third-order valence-electron chi connectivity index (χ3n) is 2.99. The largest absolute Gasteiger partial charge is 0.481 e. The smallest absolute Gasteiger partial charge is 0.313 e. The first-order chi connectivity index (χ1) is 9.65. The summed E-state index contributed by atoms with van der Waals surface area (Å²) in [6.07, 6.45) is 1.75. The molecule has 2 heterocycles. The fourth-order valence-electron chi connectivity index (χ4n) is 2.18. The topological polar surface area (TPSA) is 63.1 Å². The van der Waals surface area contributed by atoms with E-state index in [1.54, 1.807) is 6.20 Å². The molecule has 0 saturated heterocycles.